The van der Waals surface area contributed by atoms with Crippen LogP contribution in [0, 0.1) is 5.92 Å². The fourth-order valence-electron chi connectivity index (χ4n) is 4.17. The third kappa shape index (κ3) is 2.77. The van der Waals surface area contributed by atoms with Crippen LogP contribution in [-0.4, -0.2) is 44.8 Å². The van der Waals surface area contributed by atoms with E-state index in [2.05, 4.69) is 34.7 Å². The zero-order valence-corrected chi connectivity index (χ0v) is 14.3. The number of fused-ring (bicyclic) bond motifs is 2. The lowest BCUT2D eigenvalue weighted by Gasteiger charge is -2.28. The largest absolute Gasteiger partial charge is 0.493 e. The van der Waals surface area contributed by atoms with Gasteiger partial charge in [0.1, 0.15) is 5.75 Å². The number of likely N-dealkylation sites (tertiary alicyclic amines) is 1. The molecule has 5 nitrogen and oxygen atoms in total. The molecule has 0 aliphatic carbocycles. The first-order valence-corrected chi connectivity index (χ1v) is 10.1. The van der Waals surface area contributed by atoms with E-state index in [0.717, 1.165) is 44.7 Å². The molecule has 3 aliphatic heterocycles. The lowest BCUT2D eigenvalue weighted by atomic mass is 10.0. The average Bonchev–Trinajstić information content (AvgIpc) is 3.03. The van der Waals surface area contributed by atoms with Gasteiger partial charge in [-0.15, -0.1) is 0 Å². The summed E-state index contributed by atoms with van der Waals surface area (Å²) in [5.74, 6) is 1.29. The predicted octanol–water partition coefficient (Wildman–Crippen LogP) is 1.70. The fraction of sp³-hybridized carbons (Fsp3) is 0.647. The normalized spacial score (nSPS) is 31.0. The molecule has 1 aromatic carbocycles. The highest BCUT2D eigenvalue weighted by Crippen LogP contribution is 2.34. The van der Waals surface area contributed by atoms with Gasteiger partial charge in [-0.25, -0.2) is 13.1 Å². The second-order valence-electron chi connectivity index (χ2n) is 6.95. The Labute approximate surface area is 138 Å². The van der Waals surface area contributed by atoms with Gasteiger partial charge in [-0.05, 0) is 49.4 Å². The molecule has 0 amide bonds. The number of ether oxygens (including phenoxy) is 1. The molecule has 0 spiro atoms. The summed E-state index contributed by atoms with van der Waals surface area (Å²) in [6.07, 6.45) is 2.68. The van der Waals surface area contributed by atoms with Crippen LogP contribution in [0.1, 0.15) is 36.9 Å². The molecule has 3 heterocycles. The van der Waals surface area contributed by atoms with Crippen LogP contribution >= 0.6 is 0 Å². The summed E-state index contributed by atoms with van der Waals surface area (Å²) in [6.45, 7) is 5.40. The lowest BCUT2D eigenvalue weighted by Crippen LogP contribution is -2.30. The van der Waals surface area contributed by atoms with Crippen molar-refractivity contribution < 1.29 is 13.2 Å². The van der Waals surface area contributed by atoms with Gasteiger partial charge in [0.2, 0.25) is 10.0 Å². The Bertz CT molecular complexity index is 704. The monoisotopic (exact) mass is 336 g/mol. The first-order chi connectivity index (χ1) is 11.0. The van der Waals surface area contributed by atoms with E-state index in [1.807, 2.05) is 0 Å². The van der Waals surface area contributed by atoms with Crippen molar-refractivity contribution in [2.24, 2.45) is 5.92 Å². The first kappa shape index (κ1) is 15.4. The van der Waals surface area contributed by atoms with Gasteiger partial charge in [-0.3, -0.25) is 4.90 Å². The van der Waals surface area contributed by atoms with Crippen molar-refractivity contribution in [3.05, 3.63) is 29.3 Å². The highest BCUT2D eigenvalue weighted by molar-refractivity contribution is 7.90. The molecule has 1 aromatic rings. The van der Waals surface area contributed by atoms with Crippen LogP contribution in [0.15, 0.2) is 18.2 Å². The molecule has 0 radical (unpaired) electrons. The number of sulfonamides is 1. The van der Waals surface area contributed by atoms with Crippen LogP contribution in [-0.2, 0) is 16.4 Å². The number of hydrogen-bond acceptors (Lipinski definition) is 4. The van der Waals surface area contributed by atoms with E-state index in [-0.39, 0.29) is 11.2 Å². The minimum atomic E-state index is -3.09. The fourth-order valence-corrected chi connectivity index (χ4v) is 5.99. The number of benzene rings is 1. The van der Waals surface area contributed by atoms with Gasteiger partial charge in [0.05, 0.1) is 11.9 Å². The van der Waals surface area contributed by atoms with Crippen molar-refractivity contribution in [3.63, 3.8) is 0 Å². The molecular formula is C17H24N2O3S. The van der Waals surface area contributed by atoms with Crippen molar-refractivity contribution >= 4 is 10.0 Å². The highest BCUT2D eigenvalue weighted by Gasteiger charge is 2.41. The molecule has 0 aromatic heterocycles. The molecule has 23 heavy (non-hydrogen) atoms. The molecule has 126 valence electrons. The Morgan fingerprint density at radius 1 is 1.30 bits per heavy atom. The van der Waals surface area contributed by atoms with E-state index in [1.54, 1.807) is 0 Å². The number of nitrogens with one attached hydrogen (secondary N) is 1. The quantitative estimate of drug-likeness (QED) is 0.893. The molecule has 3 aliphatic rings. The van der Waals surface area contributed by atoms with Crippen molar-refractivity contribution in [2.75, 3.05) is 26.2 Å². The second kappa shape index (κ2) is 5.76. The van der Waals surface area contributed by atoms with Gasteiger partial charge in [0, 0.05) is 25.6 Å². The van der Waals surface area contributed by atoms with E-state index in [0.29, 0.717) is 12.6 Å². The Balaban J connectivity index is 1.50. The lowest BCUT2D eigenvalue weighted by molar-refractivity contribution is 0.216. The van der Waals surface area contributed by atoms with Crippen molar-refractivity contribution in [1.82, 2.24) is 9.62 Å². The summed E-state index contributed by atoms with van der Waals surface area (Å²) in [7, 11) is -3.09. The molecule has 2 fully saturated rings. The zero-order chi connectivity index (χ0) is 16.0. The molecule has 4 rings (SSSR count). The van der Waals surface area contributed by atoms with Gasteiger partial charge >= 0.3 is 0 Å². The van der Waals surface area contributed by atoms with Crippen LogP contribution in [0.3, 0.4) is 0 Å². The SMILES string of the molecule is CC(c1ccc2c(c1)OCC2)N1CCC2CNS(=O)(=O)C2CC1. The topological polar surface area (TPSA) is 58.6 Å². The predicted molar refractivity (Wildman–Crippen MR) is 89.1 cm³/mol. The maximum atomic E-state index is 12.1. The average molecular weight is 336 g/mol. The summed E-state index contributed by atoms with van der Waals surface area (Å²) in [5.41, 5.74) is 2.56. The Kier molecular flexibility index (Phi) is 3.86. The first-order valence-electron chi connectivity index (χ1n) is 8.53. The zero-order valence-electron chi connectivity index (χ0n) is 13.5. The van der Waals surface area contributed by atoms with Crippen LogP contribution in [0.2, 0.25) is 0 Å². The smallest absolute Gasteiger partial charge is 0.214 e. The van der Waals surface area contributed by atoms with Crippen LogP contribution in [0.25, 0.3) is 0 Å². The van der Waals surface area contributed by atoms with E-state index in [9.17, 15) is 8.42 Å². The third-order valence-corrected chi connectivity index (χ3v) is 7.70. The molecule has 0 bridgehead atoms. The van der Waals surface area contributed by atoms with E-state index in [1.165, 1.54) is 11.1 Å². The van der Waals surface area contributed by atoms with Crippen LogP contribution in [0.5, 0.6) is 5.75 Å². The van der Waals surface area contributed by atoms with Crippen molar-refractivity contribution in [3.8, 4) is 5.75 Å². The molecule has 2 saturated heterocycles. The summed E-state index contributed by atoms with van der Waals surface area (Å²) < 4.78 is 32.5. The molecular weight excluding hydrogens is 312 g/mol. The molecule has 3 atom stereocenters. The Morgan fingerprint density at radius 3 is 3.00 bits per heavy atom. The summed E-state index contributed by atoms with van der Waals surface area (Å²) in [6, 6.07) is 6.83. The minimum Gasteiger partial charge on any atom is -0.493 e. The third-order valence-electron chi connectivity index (χ3n) is 5.71. The maximum Gasteiger partial charge on any atom is 0.214 e. The summed E-state index contributed by atoms with van der Waals surface area (Å²) in [4.78, 5) is 2.42. The van der Waals surface area contributed by atoms with Crippen LogP contribution < -0.4 is 9.46 Å². The van der Waals surface area contributed by atoms with Crippen molar-refractivity contribution in [2.45, 2.75) is 37.5 Å². The standard InChI is InChI=1S/C17H24N2O3S/c1-12(14-3-2-13-6-9-22-16(13)10-14)19-7-4-15-11-18-23(20,21)17(15)5-8-19/h2-3,10,12,15,17-18H,4-9,11H2,1H3. The molecule has 1 N–H and O–H groups in total. The summed E-state index contributed by atoms with van der Waals surface area (Å²) in [5, 5.41) is -0.206. The summed E-state index contributed by atoms with van der Waals surface area (Å²) >= 11 is 0. The Morgan fingerprint density at radius 2 is 2.13 bits per heavy atom. The minimum absolute atomic E-state index is 0.206. The van der Waals surface area contributed by atoms with Gasteiger partial charge < -0.3 is 4.74 Å². The highest BCUT2D eigenvalue weighted by atomic mass is 32.2. The molecule has 0 saturated carbocycles. The van der Waals surface area contributed by atoms with Gasteiger partial charge in [0.15, 0.2) is 0 Å². The van der Waals surface area contributed by atoms with E-state index in [4.69, 9.17) is 4.74 Å². The van der Waals surface area contributed by atoms with Gasteiger partial charge in [0.25, 0.3) is 0 Å². The van der Waals surface area contributed by atoms with Crippen LogP contribution in [0.4, 0.5) is 0 Å². The molecule has 3 unspecified atom stereocenters. The van der Waals surface area contributed by atoms with E-state index >= 15 is 0 Å². The van der Waals surface area contributed by atoms with Crippen molar-refractivity contribution in [1.29, 1.82) is 0 Å². The van der Waals surface area contributed by atoms with Gasteiger partial charge in [-0.2, -0.15) is 0 Å². The maximum absolute atomic E-state index is 12.1. The Hall–Kier alpha value is -1.11. The molecule has 6 heteroatoms. The number of rotatable bonds is 2. The van der Waals surface area contributed by atoms with E-state index < -0.39 is 10.0 Å². The second-order valence-corrected chi connectivity index (χ2v) is 8.93. The number of hydrogen-bond donors (Lipinski definition) is 1. The number of nitrogens with zero attached hydrogens (tertiary/aromatic N) is 1. The van der Waals surface area contributed by atoms with Gasteiger partial charge in [-0.1, -0.05) is 12.1 Å².